The smallest absolute Gasteiger partial charge is 0.155 e. The van der Waals surface area contributed by atoms with E-state index in [1.165, 1.54) is 11.1 Å². The first-order valence-corrected chi connectivity index (χ1v) is 12.4. The van der Waals surface area contributed by atoms with E-state index in [0.717, 1.165) is 50.6 Å². The van der Waals surface area contributed by atoms with Crippen LogP contribution in [0, 0.1) is 22.7 Å². The van der Waals surface area contributed by atoms with Crippen molar-refractivity contribution in [2.45, 2.75) is 96.6 Å². The molecule has 3 fully saturated rings. The second-order valence-electron chi connectivity index (χ2n) is 11.6. The molecule has 4 aliphatic rings. The Kier molecular flexibility index (Phi) is 4.93. The van der Waals surface area contributed by atoms with Crippen molar-refractivity contribution in [3.05, 3.63) is 41.5 Å². The van der Waals surface area contributed by atoms with Gasteiger partial charge < -0.3 is 10.4 Å². The number of ketones is 1. The standard InChI is InChI=1S/C28H39NO2/c1-18(2)8-7-13-28-24-16-23(30)22-17-27(24,20-9-5-6-10-21(20)29-22)15-14-26(28,4)19(3)11-12-25(28)31/h5-6,8-10,19,22,24-25,29,31H,7,11-17H2,1-4H3/t19-,22+,24-,25+,26+,27+,28-/m0/s1. The molecule has 5 rings (SSSR count). The summed E-state index contributed by atoms with van der Waals surface area (Å²) in [6.07, 6.45) is 9.75. The lowest BCUT2D eigenvalue weighted by Gasteiger charge is -2.71. The van der Waals surface area contributed by atoms with Crippen molar-refractivity contribution in [3.63, 3.8) is 0 Å². The number of Topliss-reactive ketones (excluding diaryl/α,β-unsaturated/α-hetero) is 1. The Labute approximate surface area is 187 Å². The summed E-state index contributed by atoms with van der Waals surface area (Å²) in [4.78, 5) is 13.4. The van der Waals surface area contributed by atoms with Crippen LogP contribution in [0.1, 0.15) is 84.6 Å². The summed E-state index contributed by atoms with van der Waals surface area (Å²) in [6, 6.07) is 8.63. The van der Waals surface area contributed by atoms with Crippen molar-refractivity contribution in [1.29, 1.82) is 0 Å². The highest BCUT2D eigenvalue weighted by Crippen LogP contribution is 2.72. The van der Waals surface area contributed by atoms with Gasteiger partial charge in [0.05, 0.1) is 12.1 Å². The Hall–Kier alpha value is -1.61. The maximum atomic E-state index is 13.4. The highest BCUT2D eigenvalue weighted by Gasteiger charge is 2.70. The van der Waals surface area contributed by atoms with Gasteiger partial charge >= 0.3 is 0 Å². The minimum atomic E-state index is -0.326. The molecule has 3 nitrogen and oxygen atoms in total. The molecule has 1 aliphatic heterocycles. The number of allylic oxidation sites excluding steroid dienone is 2. The quantitative estimate of drug-likeness (QED) is 0.587. The van der Waals surface area contributed by atoms with E-state index >= 15 is 0 Å². The molecule has 168 valence electrons. The first-order valence-electron chi connectivity index (χ1n) is 12.4. The van der Waals surface area contributed by atoms with Crippen molar-refractivity contribution in [2.75, 3.05) is 5.32 Å². The van der Waals surface area contributed by atoms with E-state index in [0.29, 0.717) is 18.1 Å². The fraction of sp³-hybridized carbons (Fsp3) is 0.679. The van der Waals surface area contributed by atoms with Gasteiger partial charge in [-0.1, -0.05) is 43.7 Å². The molecule has 0 aromatic heterocycles. The van der Waals surface area contributed by atoms with Crippen molar-refractivity contribution in [3.8, 4) is 0 Å². The van der Waals surface area contributed by atoms with Crippen molar-refractivity contribution in [2.24, 2.45) is 22.7 Å². The molecule has 1 aromatic carbocycles. The summed E-state index contributed by atoms with van der Waals surface area (Å²) in [5.41, 5.74) is 3.76. The number of para-hydroxylation sites is 1. The van der Waals surface area contributed by atoms with Gasteiger partial charge in [-0.3, -0.25) is 4.79 Å². The van der Waals surface area contributed by atoms with Gasteiger partial charge in [-0.2, -0.15) is 0 Å². The van der Waals surface area contributed by atoms with E-state index in [2.05, 4.69) is 63.4 Å². The summed E-state index contributed by atoms with van der Waals surface area (Å²) in [5.74, 6) is 1.14. The molecule has 31 heavy (non-hydrogen) atoms. The number of hydrogen-bond donors (Lipinski definition) is 2. The van der Waals surface area contributed by atoms with Crippen LogP contribution in [0.25, 0.3) is 0 Å². The van der Waals surface area contributed by atoms with E-state index in [1.807, 2.05) is 0 Å². The average Bonchev–Trinajstić information content (AvgIpc) is 2.74. The average molecular weight is 422 g/mol. The minimum Gasteiger partial charge on any atom is -0.393 e. The maximum absolute atomic E-state index is 13.4. The number of fused-ring (bicyclic) bond motifs is 4. The SMILES string of the molecule is CC(C)=CCC[C@]12[C@H](O)CC[C@H](C)[C@@]1(C)CC[C@@]13C[C@@H](Nc4ccccc41)C(=O)C[C@@H]32. The van der Waals surface area contributed by atoms with Crippen LogP contribution in [-0.2, 0) is 10.2 Å². The third kappa shape index (κ3) is 2.78. The highest BCUT2D eigenvalue weighted by atomic mass is 16.3. The van der Waals surface area contributed by atoms with Crippen LogP contribution in [0.3, 0.4) is 0 Å². The number of anilines is 1. The third-order valence-corrected chi connectivity index (χ3v) is 10.3. The largest absolute Gasteiger partial charge is 0.393 e. The van der Waals surface area contributed by atoms with Gasteiger partial charge in [0.1, 0.15) is 0 Å². The van der Waals surface area contributed by atoms with E-state index in [1.54, 1.807) is 0 Å². The van der Waals surface area contributed by atoms with Gasteiger partial charge in [0, 0.05) is 22.9 Å². The molecule has 1 heterocycles. The molecular formula is C28H39NO2. The summed E-state index contributed by atoms with van der Waals surface area (Å²) in [7, 11) is 0. The monoisotopic (exact) mass is 421 g/mol. The van der Waals surface area contributed by atoms with Crippen LogP contribution in [-0.4, -0.2) is 23.0 Å². The van der Waals surface area contributed by atoms with Crippen molar-refractivity contribution >= 4 is 11.5 Å². The van der Waals surface area contributed by atoms with Gasteiger partial charge in [0.2, 0.25) is 0 Å². The molecule has 0 unspecified atom stereocenters. The van der Waals surface area contributed by atoms with Gasteiger partial charge in [-0.15, -0.1) is 0 Å². The van der Waals surface area contributed by atoms with E-state index in [4.69, 9.17) is 0 Å². The minimum absolute atomic E-state index is 0.00292. The molecule has 2 bridgehead atoms. The van der Waals surface area contributed by atoms with Gasteiger partial charge in [-0.05, 0) is 87.7 Å². The topological polar surface area (TPSA) is 49.3 Å². The predicted molar refractivity (Wildman–Crippen MR) is 126 cm³/mol. The number of carbonyl (C=O) groups excluding carboxylic acids is 1. The Morgan fingerprint density at radius 2 is 2.00 bits per heavy atom. The van der Waals surface area contributed by atoms with E-state index in [9.17, 15) is 9.90 Å². The molecule has 0 amide bonds. The Morgan fingerprint density at radius 3 is 2.77 bits per heavy atom. The molecule has 7 atom stereocenters. The number of nitrogens with one attached hydrogen (secondary N) is 1. The molecule has 1 aromatic rings. The van der Waals surface area contributed by atoms with Gasteiger partial charge in [0.15, 0.2) is 5.78 Å². The highest BCUT2D eigenvalue weighted by molar-refractivity contribution is 5.90. The Bertz CT molecular complexity index is 917. The molecule has 1 spiro atoms. The number of aliphatic hydroxyl groups excluding tert-OH is 1. The summed E-state index contributed by atoms with van der Waals surface area (Å²) in [5, 5.41) is 15.4. The lowest BCUT2D eigenvalue weighted by molar-refractivity contribution is -0.222. The summed E-state index contributed by atoms with van der Waals surface area (Å²) < 4.78 is 0. The van der Waals surface area contributed by atoms with Crippen LogP contribution in [0.15, 0.2) is 35.9 Å². The van der Waals surface area contributed by atoms with Gasteiger partial charge in [-0.25, -0.2) is 0 Å². The molecule has 3 heteroatoms. The molecular weight excluding hydrogens is 382 g/mol. The number of rotatable bonds is 3. The van der Waals surface area contributed by atoms with Gasteiger partial charge in [0.25, 0.3) is 0 Å². The number of benzene rings is 1. The van der Waals surface area contributed by atoms with E-state index in [-0.39, 0.29) is 34.3 Å². The maximum Gasteiger partial charge on any atom is 0.155 e. The molecule has 3 aliphatic carbocycles. The first kappa shape index (κ1) is 21.2. The number of aliphatic hydroxyl groups is 1. The summed E-state index contributed by atoms with van der Waals surface area (Å²) >= 11 is 0. The van der Waals surface area contributed by atoms with Crippen molar-refractivity contribution < 1.29 is 9.90 Å². The normalized spacial score (nSPS) is 43.2. The molecule has 2 N–H and O–H groups in total. The molecule has 0 radical (unpaired) electrons. The summed E-state index contributed by atoms with van der Waals surface area (Å²) in [6.45, 7) is 9.19. The van der Waals surface area contributed by atoms with Crippen LogP contribution in [0.5, 0.6) is 0 Å². The fourth-order valence-electron chi connectivity index (χ4n) is 8.55. The van der Waals surface area contributed by atoms with Crippen LogP contribution >= 0.6 is 0 Å². The lowest BCUT2D eigenvalue weighted by atomic mass is 9.34. The third-order valence-electron chi connectivity index (χ3n) is 10.3. The zero-order chi connectivity index (χ0) is 22.0. The fourth-order valence-corrected chi connectivity index (χ4v) is 8.55. The van der Waals surface area contributed by atoms with Crippen LogP contribution in [0.2, 0.25) is 0 Å². The zero-order valence-corrected chi connectivity index (χ0v) is 19.7. The second kappa shape index (κ2) is 7.20. The molecule has 0 saturated heterocycles. The zero-order valence-electron chi connectivity index (χ0n) is 19.7. The van der Waals surface area contributed by atoms with Crippen LogP contribution in [0.4, 0.5) is 5.69 Å². The Balaban J connectivity index is 1.71. The Morgan fingerprint density at radius 1 is 1.23 bits per heavy atom. The van der Waals surface area contributed by atoms with Crippen LogP contribution < -0.4 is 5.32 Å². The number of hydrogen-bond acceptors (Lipinski definition) is 3. The first-order chi connectivity index (χ1) is 14.7. The predicted octanol–water partition coefficient (Wildman–Crippen LogP) is 6.02. The number of carbonyl (C=O) groups is 1. The second-order valence-corrected chi connectivity index (χ2v) is 11.6. The van der Waals surface area contributed by atoms with Crippen molar-refractivity contribution in [1.82, 2.24) is 0 Å². The molecule has 3 saturated carbocycles. The van der Waals surface area contributed by atoms with E-state index < -0.39 is 0 Å². The lowest BCUT2D eigenvalue weighted by Crippen LogP contribution is -2.70.